The first-order valence-corrected chi connectivity index (χ1v) is 6.98. The number of carbonyl (C=O) groups is 1. The van der Waals surface area contributed by atoms with E-state index in [1.165, 1.54) is 0 Å². The molecular formula is C15H19N5O. The van der Waals surface area contributed by atoms with Crippen LogP contribution in [0.25, 0.3) is 0 Å². The van der Waals surface area contributed by atoms with Crippen LogP contribution in [-0.4, -0.2) is 30.2 Å². The Morgan fingerprint density at radius 2 is 2.00 bits per heavy atom. The summed E-state index contributed by atoms with van der Waals surface area (Å²) in [6.07, 6.45) is 2.22. The summed E-state index contributed by atoms with van der Waals surface area (Å²) in [4.78, 5) is 14.2. The van der Waals surface area contributed by atoms with Gasteiger partial charge in [-0.25, -0.2) is 0 Å². The molecular weight excluding hydrogens is 266 g/mol. The summed E-state index contributed by atoms with van der Waals surface area (Å²) in [6, 6.07) is 7.61. The number of hydrogen-bond donors (Lipinski definition) is 3. The molecule has 21 heavy (non-hydrogen) atoms. The Labute approximate surface area is 123 Å². The average Bonchev–Trinajstić information content (AvgIpc) is 3.22. The summed E-state index contributed by atoms with van der Waals surface area (Å²) in [5, 5.41) is 9.75. The van der Waals surface area contributed by atoms with E-state index in [4.69, 9.17) is 5.73 Å². The van der Waals surface area contributed by atoms with E-state index in [-0.39, 0.29) is 11.6 Å². The highest BCUT2D eigenvalue weighted by Crippen LogP contribution is 2.42. The largest absolute Gasteiger partial charge is 0.395 e. The number of hydrogen-bond acceptors (Lipinski definition) is 4. The number of aromatic nitrogens is 2. The van der Waals surface area contributed by atoms with Gasteiger partial charge in [-0.15, -0.1) is 0 Å². The molecule has 110 valence electrons. The van der Waals surface area contributed by atoms with Gasteiger partial charge in [-0.05, 0) is 37.1 Å². The van der Waals surface area contributed by atoms with Crippen molar-refractivity contribution in [1.29, 1.82) is 0 Å². The van der Waals surface area contributed by atoms with E-state index in [0.29, 0.717) is 11.6 Å². The second-order valence-electron chi connectivity index (χ2n) is 5.57. The molecule has 1 aliphatic carbocycles. The summed E-state index contributed by atoms with van der Waals surface area (Å²) >= 11 is 0. The van der Waals surface area contributed by atoms with Crippen LogP contribution in [0.15, 0.2) is 24.3 Å². The molecule has 3 rings (SSSR count). The van der Waals surface area contributed by atoms with Gasteiger partial charge < -0.3 is 16.0 Å². The lowest BCUT2D eigenvalue weighted by Gasteiger charge is -2.12. The summed E-state index contributed by atoms with van der Waals surface area (Å²) < 4.78 is 0. The van der Waals surface area contributed by atoms with Crippen LogP contribution in [0.5, 0.6) is 0 Å². The third-order valence-electron chi connectivity index (χ3n) is 3.68. The Kier molecular flexibility index (Phi) is 3.29. The van der Waals surface area contributed by atoms with Gasteiger partial charge in [-0.2, -0.15) is 5.10 Å². The lowest BCUT2D eigenvalue weighted by Crippen LogP contribution is -2.14. The van der Waals surface area contributed by atoms with Crippen LogP contribution < -0.4 is 16.0 Å². The Morgan fingerprint density at radius 3 is 2.57 bits per heavy atom. The maximum atomic E-state index is 12.2. The molecule has 0 atom stereocenters. The predicted octanol–water partition coefficient (Wildman–Crippen LogP) is 2.19. The molecule has 0 bridgehead atoms. The zero-order valence-electron chi connectivity index (χ0n) is 12.2. The van der Waals surface area contributed by atoms with Gasteiger partial charge in [0.05, 0.1) is 11.4 Å². The molecule has 6 heteroatoms. The van der Waals surface area contributed by atoms with Crippen molar-refractivity contribution in [3.05, 3.63) is 35.7 Å². The van der Waals surface area contributed by atoms with Crippen LogP contribution in [0.3, 0.4) is 0 Å². The number of H-pyrrole nitrogens is 1. The van der Waals surface area contributed by atoms with E-state index in [1.54, 1.807) is 0 Å². The quantitative estimate of drug-likeness (QED) is 0.803. The fourth-order valence-corrected chi connectivity index (χ4v) is 2.25. The molecule has 1 aromatic heterocycles. The average molecular weight is 285 g/mol. The maximum absolute atomic E-state index is 12.2. The Morgan fingerprint density at radius 1 is 1.33 bits per heavy atom. The van der Waals surface area contributed by atoms with Crippen molar-refractivity contribution < 1.29 is 4.79 Å². The van der Waals surface area contributed by atoms with Crippen molar-refractivity contribution in [3.8, 4) is 0 Å². The van der Waals surface area contributed by atoms with Gasteiger partial charge in [0.25, 0.3) is 5.91 Å². The molecule has 1 aromatic carbocycles. The van der Waals surface area contributed by atoms with Gasteiger partial charge in [-0.1, -0.05) is 0 Å². The van der Waals surface area contributed by atoms with Gasteiger partial charge >= 0.3 is 0 Å². The zero-order chi connectivity index (χ0) is 15.0. The standard InChI is InChI=1S/C15H19N5O/c1-20(2)11-7-5-10(6-8-11)17-15(21)14-12(16)13(18-19-14)9-3-4-9/h5-9H,3-4,16H2,1-2H3,(H,17,21)(H,18,19). The monoisotopic (exact) mass is 285 g/mol. The summed E-state index contributed by atoms with van der Waals surface area (Å²) in [6.45, 7) is 0. The summed E-state index contributed by atoms with van der Waals surface area (Å²) in [7, 11) is 3.94. The number of carbonyl (C=O) groups excluding carboxylic acids is 1. The van der Waals surface area contributed by atoms with Gasteiger partial charge in [0.2, 0.25) is 0 Å². The minimum atomic E-state index is -0.284. The minimum absolute atomic E-state index is 0.272. The smallest absolute Gasteiger partial charge is 0.278 e. The number of nitrogen functional groups attached to an aromatic ring is 1. The first-order valence-electron chi connectivity index (χ1n) is 6.98. The molecule has 0 saturated heterocycles. The maximum Gasteiger partial charge on any atom is 0.278 e. The number of amides is 1. The van der Waals surface area contributed by atoms with Crippen molar-refractivity contribution in [2.75, 3.05) is 30.0 Å². The molecule has 0 spiro atoms. The molecule has 4 N–H and O–H groups in total. The molecule has 1 saturated carbocycles. The van der Waals surface area contributed by atoms with Crippen molar-refractivity contribution in [2.45, 2.75) is 18.8 Å². The second-order valence-corrected chi connectivity index (χ2v) is 5.57. The third-order valence-corrected chi connectivity index (χ3v) is 3.68. The molecule has 1 aliphatic rings. The van der Waals surface area contributed by atoms with Crippen LogP contribution in [0.4, 0.5) is 17.1 Å². The fourth-order valence-electron chi connectivity index (χ4n) is 2.25. The molecule has 0 unspecified atom stereocenters. The minimum Gasteiger partial charge on any atom is -0.395 e. The highest BCUT2D eigenvalue weighted by atomic mass is 16.2. The summed E-state index contributed by atoms with van der Waals surface area (Å²) in [5.41, 5.74) is 9.43. The van der Waals surface area contributed by atoms with Crippen LogP contribution in [0, 0.1) is 0 Å². The van der Waals surface area contributed by atoms with Crippen LogP contribution in [0.2, 0.25) is 0 Å². The Bertz CT molecular complexity index is 655. The predicted molar refractivity (Wildman–Crippen MR) is 83.7 cm³/mol. The van der Waals surface area contributed by atoms with E-state index < -0.39 is 0 Å². The number of anilines is 3. The SMILES string of the molecule is CN(C)c1ccc(NC(=O)c2n[nH]c(C3CC3)c2N)cc1. The summed E-state index contributed by atoms with van der Waals surface area (Å²) in [5.74, 6) is 0.159. The molecule has 1 amide bonds. The Hall–Kier alpha value is -2.50. The van der Waals surface area contributed by atoms with Crippen LogP contribution in [0.1, 0.15) is 34.9 Å². The highest BCUT2D eigenvalue weighted by Gasteiger charge is 2.30. The molecule has 0 radical (unpaired) electrons. The molecule has 0 aliphatic heterocycles. The third kappa shape index (κ3) is 2.69. The normalized spacial score (nSPS) is 14.0. The molecule has 6 nitrogen and oxygen atoms in total. The number of rotatable bonds is 4. The van der Waals surface area contributed by atoms with Crippen molar-refractivity contribution >= 4 is 23.0 Å². The van der Waals surface area contributed by atoms with Crippen molar-refractivity contribution in [3.63, 3.8) is 0 Å². The number of aromatic amines is 1. The molecule has 1 heterocycles. The number of nitrogens with two attached hydrogens (primary N) is 1. The van der Waals surface area contributed by atoms with E-state index in [2.05, 4.69) is 15.5 Å². The molecule has 2 aromatic rings. The van der Waals surface area contributed by atoms with E-state index in [1.807, 2.05) is 43.3 Å². The van der Waals surface area contributed by atoms with Gasteiger partial charge in [-0.3, -0.25) is 9.89 Å². The lowest BCUT2D eigenvalue weighted by molar-refractivity contribution is 0.102. The van der Waals surface area contributed by atoms with Gasteiger partial charge in [0.15, 0.2) is 5.69 Å². The van der Waals surface area contributed by atoms with E-state index in [0.717, 1.165) is 29.9 Å². The first kappa shape index (κ1) is 13.5. The highest BCUT2D eigenvalue weighted by molar-refractivity contribution is 6.06. The topological polar surface area (TPSA) is 87.0 Å². The number of benzene rings is 1. The zero-order valence-corrected chi connectivity index (χ0v) is 12.2. The van der Waals surface area contributed by atoms with Crippen molar-refractivity contribution in [1.82, 2.24) is 10.2 Å². The number of nitrogens with zero attached hydrogens (tertiary/aromatic N) is 2. The number of nitrogens with one attached hydrogen (secondary N) is 2. The van der Waals surface area contributed by atoms with Crippen LogP contribution in [-0.2, 0) is 0 Å². The van der Waals surface area contributed by atoms with Crippen molar-refractivity contribution in [2.24, 2.45) is 0 Å². The van der Waals surface area contributed by atoms with E-state index >= 15 is 0 Å². The first-order chi connectivity index (χ1) is 10.1. The Balaban J connectivity index is 1.73. The van der Waals surface area contributed by atoms with E-state index in [9.17, 15) is 4.79 Å². The fraction of sp³-hybridized carbons (Fsp3) is 0.333. The van der Waals surface area contributed by atoms with Crippen LogP contribution >= 0.6 is 0 Å². The molecule has 1 fully saturated rings. The lowest BCUT2D eigenvalue weighted by atomic mass is 10.2. The van der Waals surface area contributed by atoms with Gasteiger partial charge in [0.1, 0.15) is 0 Å². The van der Waals surface area contributed by atoms with Gasteiger partial charge in [0, 0.05) is 31.4 Å². The second kappa shape index (κ2) is 5.12.